The van der Waals surface area contributed by atoms with Crippen LogP contribution >= 0.6 is 0 Å². The molecule has 0 aliphatic carbocycles. The van der Waals surface area contributed by atoms with Crippen LogP contribution < -0.4 is 0 Å². The number of halogens is 2. The monoisotopic (exact) mass is 257 g/mol. The lowest BCUT2D eigenvalue weighted by Crippen LogP contribution is -2.48. The number of nitrogens with zero attached hydrogens (tertiary/aromatic N) is 1. The van der Waals surface area contributed by atoms with Crippen LogP contribution in [0.5, 0.6) is 0 Å². The van der Waals surface area contributed by atoms with Crippen molar-refractivity contribution in [3.8, 4) is 0 Å². The Morgan fingerprint density at radius 3 is 2.94 bits per heavy atom. The van der Waals surface area contributed by atoms with Crippen LogP contribution in [0.1, 0.15) is 12.5 Å². The average Bonchev–Trinajstić information content (AvgIpc) is 2.37. The third-order valence-electron chi connectivity index (χ3n) is 3.24. The minimum Gasteiger partial charge on any atom is -0.394 e. The first-order chi connectivity index (χ1) is 8.61. The summed E-state index contributed by atoms with van der Waals surface area (Å²) in [4.78, 5) is 1.99. The number of benzene rings is 1. The zero-order valence-electron chi connectivity index (χ0n) is 10.3. The van der Waals surface area contributed by atoms with Crippen LogP contribution in [0.4, 0.5) is 8.78 Å². The van der Waals surface area contributed by atoms with Crippen LogP contribution in [0.3, 0.4) is 0 Å². The second-order valence-electron chi connectivity index (χ2n) is 4.63. The molecule has 1 aliphatic rings. The quantitative estimate of drug-likeness (QED) is 0.891. The van der Waals surface area contributed by atoms with Crippen molar-refractivity contribution < 1.29 is 18.6 Å². The van der Waals surface area contributed by atoms with Crippen molar-refractivity contribution in [1.82, 2.24) is 4.90 Å². The van der Waals surface area contributed by atoms with Crippen LogP contribution in [0.15, 0.2) is 18.2 Å². The molecule has 2 rings (SSSR count). The smallest absolute Gasteiger partial charge is 0.163 e. The van der Waals surface area contributed by atoms with Crippen molar-refractivity contribution in [3.05, 3.63) is 35.4 Å². The molecule has 18 heavy (non-hydrogen) atoms. The maximum atomic E-state index is 13.6. The highest BCUT2D eigenvalue weighted by Crippen LogP contribution is 2.18. The highest BCUT2D eigenvalue weighted by Gasteiger charge is 2.26. The summed E-state index contributed by atoms with van der Waals surface area (Å²) < 4.78 is 32.1. The number of rotatable bonds is 3. The number of hydrogen-bond acceptors (Lipinski definition) is 3. The molecular weight excluding hydrogens is 240 g/mol. The summed E-state index contributed by atoms with van der Waals surface area (Å²) in [6.45, 7) is 3.24. The van der Waals surface area contributed by atoms with E-state index >= 15 is 0 Å². The summed E-state index contributed by atoms with van der Waals surface area (Å²) in [7, 11) is 0. The number of hydrogen-bond donors (Lipinski definition) is 1. The highest BCUT2D eigenvalue weighted by molar-refractivity contribution is 5.19. The largest absolute Gasteiger partial charge is 0.394 e. The maximum Gasteiger partial charge on any atom is 0.163 e. The zero-order chi connectivity index (χ0) is 13.1. The predicted octanol–water partition coefficient (Wildman–Crippen LogP) is 1.55. The number of aliphatic hydroxyl groups excluding tert-OH is 1. The lowest BCUT2D eigenvalue weighted by atomic mass is 10.1. The number of ether oxygens (including phenoxy) is 1. The Labute approximate surface area is 105 Å². The molecule has 1 aromatic rings. The summed E-state index contributed by atoms with van der Waals surface area (Å²) in [5.41, 5.74) is 0.334. The van der Waals surface area contributed by atoms with E-state index < -0.39 is 11.6 Å². The van der Waals surface area contributed by atoms with Gasteiger partial charge in [-0.15, -0.1) is 0 Å². The topological polar surface area (TPSA) is 32.7 Å². The third-order valence-corrected chi connectivity index (χ3v) is 3.24. The standard InChI is InChI=1S/C13H17F2NO2/c1-9-8-18-11(7-17)6-16(9)5-10-3-2-4-12(14)13(10)15/h2-4,9,11,17H,5-8H2,1H3. The SMILES string of the molecule is CC1COC(CO)CN1Cc1cccc(F)c1F. The van der Waals surface area contributed by atoms with E-state index in [0.717, 1.165) is 6.07 Å². The Bertz CT molecular complexity index is 414. The predicted molar refractivity (Wildman–Crippen MR) is 63.1 cm³/mol. The van der Waals surface area contributed by atoms with Gasteiger partial charge in [0.25, 0.3) is 0 Å². The molecule has 0 amide bonds. The van der Waals surface area contributed by atoms with Gasteiger partial charge in [0.05, 0.1) is 19.3 Å². The minimum atomic E-state index is -0.827. The molecule has 0 spiro atoms. The van der Waals surface area contributed by atoms with Gasteiger partial charge in [0.15, 0.2) is 11.6 Å². The molecule has 2 atom stereocenters. The van der Waals surface area contributed by atoms with Crippen LogP contribution in [0.25, 0.3) is 0 Å². The molecule has 0 radical (unpaired) electrons. The lowest BCUT2D eigenvalue weighted by molar-refractivity contribution is -0.0808. The molecular formula is C13H17F2NO2. The molecule has 0 aromatic heterocycles. The van der Waals surface area contributed by atoms with Gasteiger partial charge in [-0.3, -0.25) is 4.90 Å². The first-order valence-electron chi connectivity index (χ1n) is 6.01. The van der Waals surface area contributed by atoms with Crippen molar-refractivity contribution in [1.29, 1.82) is 0 Å². The maximum absolute atomic E-state index is 13.6. The molecule has 1 fully saturated rings. The fraction of sp³-hybridized carbons (Fsp3) is 0.538. The highest BCUT2D eigenvalue weighted by atomic mass is 19.2. The summed E-state index contributed by atoms with van der Waals surface area (Å²) in [5.74, 6) is -1.62. The number of morpholine rings is 1. The Balaban J connectivity index is 2.09. The average molecular weight is 257 g/mol. The van der Waals surface area contributed by atoms with Crippen molar-refractivity contribution in [2.24, 2.45) is 0 Å². The Kier molecular flexibility index (Phi) is 4.27. The van der Waals surface area contributed by atoms with Gasteiger partial charge in [0, 0.05) is 24.7 Å². The lowest BCUT2D eigenvalue weighted by Gasteiger charge is -2.37. The van der Waals surface area contributed by atoms with E-state index in [2.05, 4.69) is 0 Å². The van der Waals surface area contributed by atoms with Gasteiger partial charge in [0.1, 0.15) is 0 Å². The molecule has 0 saturated carbocycles. The van der Waals surface area contributed by atoms with E-state index in [9.17, 15) is 8.78 Å². The van der Waals surface area contributed by atoms with Gasteiger partial charge < -0.3 is 9.84 Å². The molecule has 5 heteroatoms. The van der Waals surface area contributed by atoms with Crippen molar-refractivity contribution in [2.45, 2.75) is 25.6 Å². The van der Waals surface area contributed by atoms with Gasteiger partial charge in [-0.1, -0.05) is 12.1 Å². The second-order valence-corrected chi connectivity index (χ2v) is 4.63. The Morgan fingerprint density at radius 1 is 1.44 bits per heavy atom. The summed E-state index contributed by atoms with van der Waals surface area (Å²) in [6.07, 6.45) is -0.252. The molecule has 1 aliphatic heterocycles. The fourth-order valence-electron chi connectivity index (χ4n) is 2.10. The molecule has 1 aromatic carbocycles. The summed E-state index contributed by atoms with van der Waals surface area (Å²) >= 11 is 0. The Morgan fingerprint density at radius 2 is 2.22 bits per heavy atom. The summed E-state index contributed by atoms with van der Waals surface area (Å²) in [6, 6.07) is 4.31. The second kappa shape index (κ2) is 5.73. The van der Waals surface area contributed by atoms with E-state index in [-0.39, 0.29) is 18.8 Å². The van der Waals surface area contributed by atoms with Gasteiger partial charge in [-0.2, -0.15) is 0 Å². The first-order valence-corrected chi connectivity index (χ1v) is 6.01. The number of aliphatic hydroxyl groups is 1. The van der Waals surface area contributed by atoms with Gasteiger partial charge in [-0.25, -0.2) is 8.78 Å². The third kappa shape index (κ3) is 2.85. The molecule has 1 heterocycles. The van der Waals surface area contributed by atoms with Crippen molar-refractivity contribution in [3.63, 3.8) is 0 Å². The van der Waals surface area contributed by atoms with E-state index in [1.54, 1.807) is 6.07 Å². The molecule has 100 valence electrons. The van der Waals surface area contributed by atoms with Gasteiger partial charge in [-0.05, 0) is 13.0 Å². The summed E-state index contributed by atoms with van der Waals surface area (Å²) in [5, 5.41) is 9.07. The molecule has 0 bridgehead atoms. The normalized spacial score (nSPS) is 25.3. The molecule has 2 unspecified atom stereocenters. The van der Waals surface area contributed by atoms with E-state index in [4.69, 9.17) is 9.84 Å². The first kappa shape index (κ1) is 13.4. The van der Waals surface area contributed by atoms with E-state index in [1.807, 2.05) is 11.8 Å². The van der Waals surface area contributed by atoms with E-state index in [0.29, 0.717) is 25.3 Å². The van der Waals surface area contributed by atoms with Crippen LogP contribution in [-0.4, -0.2) is 41.9 Å². The minimum absolute atomic E-state index is 0.0607. The zero-order valence-corrected chi connectivity index (χ0v) is 10.3. The van der Waals surface area contributed by atoms with Gasteiger partial charge in [0.2, 0.25) is 0 Å². The van der Waals surface area contributed by atoms with Gasteiger partial charge >= 0.3 is 0 Å². The van der Waals surface area contributed by atoms with Crippen LogP contribution in [0, 0.1) is 11.6 Å². The fourth-order valence-corrected chi connectivity index (χ4v) is 2.10. The van der Waals surface area contributed by atoms with Crippen molar-refractivity contribution >= 4 is 0 Å². The molecule has 1 saturated heterocycles. The van der Waals surface area contributed by atoms with E-state index in [1.165, 1.54) is 6.07 Å². The molecule has 3 nitrogen and oxygen atoms in total. The van der Waals surface area contributed by atoms with Crippen LogP contribution in [-0.2, 0) is 11.3 Å². The van der Waals surface area contributed by atoms with Crippen molar-refractivity contribution in [2.75, 3.05) is 19.8 Å². The molecule has 1 N–H and O–H groups in total. The van der Waals surface area contributed by atoms with Crippen LogP contribution in [0.2, 0.25) is 0 Å². The Hall–Kier alpha value is -1.04.